The first-order chi connectivity index (χ1) is 12.9. The molecule has 1 N–H and O–H groups in total. The lowest BCUT2D eigenvalue weighted by molar-refractivity contribution is -0.142. The number of carbonyl (C=O) groups is 2. The van der Waals surface area contributed by atoms with Crippen molar-refractivity contribution in [3.8, 4) is 0 Å². The molecule has 1 aliphatic heterocycles. The van der Waals surface area contributed by atoms with Gasteiger partial charge in [0, 0.05) is 43.5 Å². The van der Waals surface area contributed by atoms with Gasteiger partial charge < -0.3 is 14.8 Å². The number of imidazole rings is 1. The molecule has 1 unspecified atom stereocenters. The van der Waals surface area contributed by atoms with E-state index in [0.717, 1.165) is 23.5 Å². The molecule has 27 heavy (non-hydrogen) atoms. The Morgan fingerprint density at radius 1 is 1.37 bits per heavy atom. The van der Waals surface area contributed by atoms with Crippen LogP contribution in [0.4, 0.5) is 0 Å². The van der Waals surface area contributed by atoms with E-state index in [1.165, 1.54) is 0 Å². The SMILES string of the molecule is Cc1cnc(CN(C)C(=O)C2CCC(=O)N(CCc3ccc(Cl)cc3)C2)[nH]1. The Labute approximate surface area is 164 Å². The van der Waals surface area contributed by atoms with Crippen LogP contribution < -0.4 is 0 Å². The number of hydrogen-bond acceptors (Lipinski definition) is 3. The molecule has 2 aromatic rings. The van der Waals surface area contributed by atoms with Crippen LogP contribution in [0.1, 0.15) is 29.9 Å². The van der Waals surface area contributed by atoms with Crippen molar-refractivity contribution in [3.05, 3.63) is 52.6 Å². The van der Waals surface area contributed by atoms with Gasteiger partial charge in [0.25, 0.3) is 0 Å². The van der Waals surface area contributed by atoms with Gasteiger partial charge in [-0.2, -0.15) is 0 Å². The number of nitrogens with one attached hydrogen (secondary N) is 1. The van der Waals surface area contributed by atoms with Gasteiger partial charge in [0.15, 0.2) is 0 Å². The number of amides is 2. The van der Waals surface area contributed by atoms with Gasteiger partial charge in [-0.05, 0) is 37.5 Å². The normalized spacial score (nSPS) is 17.2. The highest BCUT2D eigenvalue weighted by atomic mass is 35.5. The summed E-state index contributed by atoms with van der Waals surface area (Å²) in [6.07, 6.45) is 3.54. The fourth-order valence-electron chi connectivity index (χ4n) is 3.41. The van der Waals surface area contributed by atoms with E-state index in [1.54, 1.807) is 18.1 Å². The highest BCUT2D eigenvalue weighted by Crippen LogP contribution is 2.21. The molecule has 1 saturated heterocycles. The van der Waals surface area contributed by atoms with Crippen LogP contribution in [0.3, 0.4) is 0 Å². The fourth-order valence-corrected chi connectivity index (χ4v) is 3.54. The third-order valence-electron chi connectivity index (χ3n) is 4.95. The second-order valence-corrected chi connectivity index (χ2v) is 7.60. The first-order valence-corrected chi connectivity index (χ1v) is 9.58. The van der Waals surface area contributed by atoms with Crippen LogP contribution in [-0.4, -0.2) is 51.7 Å². The number of hydrogen-bond donors (Lipinski definition) is 1. The van der Waals surface area contributed by atoms with Gasteiger partial charge >= 0.3 is 0 Å². The molecule has 0 bridgehead atoms. The van der Waals surface area contributed by atoms with Gasteiger partial charge in [-0.1, -0.05) is 23.7 Å². The lowest BCUT2D eigenvalue weighted by Gasteiger charge is -2.33. The van der Waals surface area contributed by atoms with E-state index >= 15 is 0 Å². The number of nitrogens with zero attached hydrogens (tertiary/aromatic N) is 3. The number of aromatic amines is 1. The summed E-state index contributed by atoms with van der Waals surface area (Å²) in [4.78, 5) is 36.0. The van der Waals surface area contributed by atoms with Crippen molar-refractivity contribution >= 4 is 23.4 Å². The Morgan fingerprint density at radius 2 is 2.11 bits per heavy atom. The summed E-state index contributed by atoms with van der Waals surface area (Å²) in [6, 6.07) is 7.65. The summed E-state index contributed by atoms with van der Waals surface area (Å²) in [5.41, 5.74) is 2.11. The van der Waals surface area contributed by atoms with E-state index in [4.69, 9.17) is 11.6 Å². The van der Waals surface area contributed by atoms with Crippen molar-refractivity contribution in [1.29, 1.82) is 0 Å². The molecular weight excluding hydrogens is 364 g/mol. The quantitative estimate of drug-likeness (QED) is 0.827. The maximum atomic E-state index is 12.8. The molecule has 0 aliphatic carbocycles. The lowest BCUT2D eigenvalue weighted by Crippen LogP contribution is -2.46. The minimum Gasteiger partial charge on any atom is -0.345 e. The first-order valence-electron chi connectivity index (χ1n) is 9.20. The molecular formula is C20H25ClN4O2. The number of aryl methyl sites for hydroxylation is 1. The summed E-state index contributed by atoms with van der Waals surface area (Å²) in [6.45, 7) is 3.48. The first kappa shape index (κ1) is 19.4. The lowest BCUT2D eigenvalue weighted by atomic mass is 9.95. The number of carbonyl (C=O) groups excluding carboxylic acids is 2. The molecule has 0 radical (unpaired) electrons. The number of piperidine rings is 1. The largest absolute Gasteiger partial charge is 0.345 e. The molecule has 144 valence electrons. The Bertz CT molecular complexity index is 803. The fraction of sp³-hybridized carbons (Fsp3) is 0.450. The van der Waals surface area contributed by atoms with Gasteiger partial charge in [0.1, 0.15) is 5.82 Å². The molecule has 1 fully saturated rings. The molecule has 3 rings (SSSR count). The number of H-pyrrole nitrogens is 1. The average molecular weight is 389 g/mol. The van der Waals surface area contributed by atoms with Gasteiger partial charge in [-0.3, -0.25) is 9.59 Å². The molecule has 1 aliphatic rings. The van der Waals surface area contributed by atoms with E-state index in [-0.39, 0.29) is 17.7 Å². The number of benzene rings is 1. The monoisotopic (exact) mass is 388 g/mol. The van der Waals surface area contributed by atoms with E-state index < -0.39 is 0 Å². The van der Waals surface area contributed by atoms with E-state index in [9.17, 15) is 9.59 Å². The number of halogens is 1. The summed E-state index contributed by atoms with van der Waals surface area (Å²) < 4.78 is 0. The van der Waals surface area contributed by atoms with Gasteiger partial charge in [0.05, 0.1) is 12.5 Å². The highest BCUT2D eigenvalue weighted by Gasteiger charge is 2.31. The van der Waals surface area contributed by atoms with E-state index in [2.05, 4.69) is 9.97 Å². The Kier molecular flexibility index (Phi) is 6.16. The second kappa shape index (κ2) is 8.57. The van der Waals surface area contributed by atoms with Crippen LogP contribution in [0.25, 0.3) is 0 Å². The van der Waals surface area contributed by atoms with Crippen LogP contribution in [0, 0.1) is 12.8 Å². The summed E-state index contributed by atoms with van der Waals surface area (Å²) in [5.74, 6) is 0.800. The van der Waals surface area contributed by atoms with Gasteiger partial charge in [0.2, 0.25) is 11.8 Å². The van der Waals surface area contributed by atoms with Crippen molar-refractivity contribution in [2.75, 3.05) is 20.1 Å². The predicted molar refractivity (Wildman–Crippen MR) is 104 cm³/mol. The third kappa shape index (κ3) is 5.10. The highest BCUT2D eigenvalue weighted by molar-refractivity contribution is 6.30. The molecule has 6 nitrogen and oxygen atoms in total. The Morgan fingerprint density at radius 3 is 2.78 bits per heavy atom. The molecule has 1 aromatic heterocycles. The number of rotatable bonds is 6. The number of likely N-dealkylation sites (tertiary alicyclic amines) is 1. The van der Waals surface area contributed by atoms with E-state index in [1.807, 2.05) is 36.1 Å². The van der Waals surface area contributed by atoms with Crippen molar-refractivity contribution < 1.29 is 9.59 Å². The van der Waals surface area contributed by atoms with Crippen molar-refractivity contribution in [2.24, 2.45) is 5.92 Å². The molecule has 7 heteroatoms. The van der Waals surface area contributed by atoms with Crippen LogP contribution >= 0.6 is 11.6 Å². The third-order valence-corrected chi connectivity index (χ3v) is 5.20. The zero-order valence-corrected chi connectivity index (χ0v) is 16.5. The smallest absolute Gasteiger partial charge is 0.227 e. The average Bonchev–Trinajstić information content (AvgIpc) is 3.06. The second-order valence-electron chi connectivity index (χ2n) is 7.16. The summed E-state index contributed by atoms with van der Waals surface area (Å²) in [5, 5.41) is 0.702. The molecule has 1 aromatic carbocycles. The van der Waals surface area contributed by atoms with E-state index in [0.29, 0.717) is 37.5 Å². The van der Waals surface area contributed by atoms with Crippen molar-refractivity contribution in [1.82, 2.24) is 19.8 Å². The zero-order chi connectivity index (χ0) is 19.4. The Balaban J connectivity index is 1.55. The maximum absolute atomic E-state index is 12.8. The van der Waals surface area contributed by atoms with Crippen molar-refractivity contribution in [3.63, 3.8) is 0 Å². The zero-order valence-electron chi connectivity index (χ0n) is 15.7. The predicted octanol–water partition coefficient (Wildman–Crippen LogP) is 2.81. The molecule has 0 spiro atoms. The summed E-state index contributed by atoms with van der Waals surface area (Å²) in [7, 11) is 1.79. The topological polar surface area (TPSA) is 69.3 Å². The van der Waals surface area contributed by atoms with Crippen LogP contribution in [0.15, 0.2) is 30.5 Å². The van der Waals surface area contributed by atoms with Gasteiger partial charge in [-0.25, -0.2) is 4.98 Å². The molecule has 2 heterocycles. The Hall–Kier alpha value is -2.34. The molecule has 1 atom stereocenters. The minimum atomic E-state index is -0.158. The minimum absolute atomic E-state index is 0.0630. The van der Waals surface area contributed by atoms with Crippen molar-refractivity contribution in [2.45, 2.75) is 32.7 Å². The molecule has 0 saturated carbocycles. The van der Waals surface area contributed by atoms with Crippen LogP contribution in [0.5, 0.6) is 0 Å². The van der Waals surface area contributed by atoms with Crippen LogP contribution in [0.2, 0.25) is 5.02 Å². The van der Waals surface area contributed by atoms with Crippen LogP contribution in [-0.2, 0) is 22.6 Å². The summed E-state index contributed by atoms with van der Waals surface area (Å²) >= 11 is 5.91. The maximum Gasteiger partial charge on any atom is 0.227 e. The molecule has 2 amide bonds. The number of aromatic nitrogens is 2. The standard InChI is InChI=1S/C20H25ClN4O2/c1-14-11-22-18(23-14)13-24(2)20(27)16-5-8-19(26)25(12-16)10-9-15-3-6-17(21)7-4-15/h3-4,6-7,11,16H,5,8-10,12-13H2,1-2H3,(H,22,23). The van der Waals surface area contributed by atoms with Gasteiger partial charge in [-0.15, -0.1) is 0 Å².